The quantitative estimate of drug-likeness (QED) is 0.637. The molecule has 6 heteroatoms. The van der Waals surface area contributed by atoms with Crippen LogP contribution in [0.4, 0.5) is 0 Å². The summed E-state index contributed by atoms with van der Waals surface area (Å²) in [6.45, 7) is 1.56. The largest absolute Gasteiger partial charge is 0.464 e. The van der Waals surface area contributed by atoms with E-state index >= 15 is 0 Å². The second kappa shape index (κ2) is 6.75. The highest BCUT2D eigenvalue weighted by atomic mass is 35.5. The first-order chi connectivity index (χ1) is 9.19. The SMILES string of the molecule is COC(=O)c1ccc(CNCCc2ccc(Cl)s2)[nH]1. The number of carbonyl (C=O) groups excluding carboxylic acids is 1. The number of hydrogen-bond acceptors (Lipinski definition) is 4. The molecule has 2 N–H and O–H groups in total. The topological polar surface area (TPSA) is 54.1 Å². The maximum Gasteiger partial charge on any atom is 0.354 e. The summed E-state index contributed by atoms with van der Waals surface area (Å²) in [5.74, 6) is -0.348. The van der Waals surface area contributed by atoms with Gasteiger partial charge in [0, 0.05) is 23.7 Å². The van der Waals surface area contributed by atoms with Gasteiger partial charge < -0.3 is 15.0 Å². The molecule has 4 nitrogen and oxygen atoms in total. The van der Waals surface area contributed by atoms with Crippen LogP contribution in [-0.4, -0.2) is 24.6 Å². The smallest absolute Gasteiger partial charge is 0.354 e. The van der Waals surface area contributed by atoms with Gasteiger partial charge in [-0.15, -0.1) is 11.3 Å². The third-order valence-electron chi connectivity index (χ3n) is 2.64. The number of rotatable bonds is 6. The molecular weight excluding hydrogens is 284 g/mol. The van der Waals surface area contributed by atoms with Crippen LogP contribution in [0.1, 0.15) is 21.1 Å². The van der Waals surface area contributed by atoms with Crippen molar-refractivity contribution in [3.8, 4) is 0 Å². The van der Waals surface area contributed by atoms with Crippen LogP contribution in [-0.2, 0) is 17.7 Å². The summed E-state index contributed by atoms with van der Waals surface area (Å²) in [7, 11) is 1.37. The second-order valence-corrected chi connectivity index (χ2v) is 5.82. The maximum absolute atomic E-state index is 11.3. The van der Waals surface area contributed by atoms with Crippen molar-refractivity contribution in [2.45, 2.75) is 13.0 Å². The van der Waals surface area contributed by atoms with Crippen LogP contribution in [0.3, 0.4) is 0 Å². The number of thiophene rings is 1. The van der Waals surface area contributed by atoms with E-state index in [4.69, 9.17) is 11.6 Å². The van der Waals surface area contributed by atoms with Crippen molar-refractivity contribution < 1.29 is 9.53 Å². The zero-order valence-electron chi connectivity index (χ0n) is 10.5. The lowest BCUT2D eigenvalue weighted by Crippen LogP contribution is -2.16. The Hall–Kier alpha value is -1.30. The van der Waals surface area contributed by atoms with E-state index in [1.807, 2.05) is 18.2 Å². The van der Waals surface area contributed by atoms with Crippen LogP contribution < -0.4 is 5.32 Å². The normalized spacial score (nSPS) is 10.6. The van der Waals surface area contributed by atoms with Gasteiger partial charge in [0.15, 0.2) is 0 Å². The van der Waals surface area contributed by atoms with Crippen molar-refractivity contribution in [3.05, 3.63) is 44.9 Å². The number of nitrogens with one attached hydrogen (secondary N) is 2. The summed E-state index contributed by atoms with van der Waals surface area (Å²) in [6, 6.07) is 7.55. The first-order valence-corrected chi connectivity index (χ1v) is 7.09. The van der Waals surface area contributed by atoms with Gasteiger partial charge in [0.2, 0.25) is 0 Å². The Morgan fingerprint density at radius 3 is 2.95 bits per heavy atom. The molecule has 0 bridgehead atoms. The van der Waals surface area contributed by atoms with Gasteiger partial charge in [-0.2, -0.15) is 0 Å². The third kappa shape index (κ3) is 4.09. The van der Waals surface area contributed by atoms with E-state index in [1.165, 1.54) is 12.0 Å². The summed E-state index contributed by atoms with van der Waals surface area (Å²) in [5, 5.41) is 3.31. The molecule has 0 unspecified atom stereocenters. The highest BCUT2D eigenvalue weighted by Crippen LogP contribution is 2.21. The predicted molar refractivity (Wildman–Crippen MR) is 76.9 cm³/mol. The van der Waals surface area contributed by atoms with Gasteiger partial charge in [0.25, 0.3) is 0 Å². The lowest BCUT2D eigenvalue weighted by Gasteiger charge is -2.02. The van der Waals surface area contributed by atoms with Crippen molar-refractivity contribution in [3.63, 3.8) is 0 Å². The minimum Gasteiger partial charge on any atom is -0.464 e. The summed E-state index contributed by atoms with van der Waals surface area (Å²) in [4.78, 5) is 15.5. The fourth-order valence-electron chi connectivity index (χ4n) is 1.69. The zero-order chi connectivity index (χ0) is 13.7. The number of methoxy groups -OCH3 is 1. The molecule has 0 aliphatic rings. The summed E-state index contributed by atoms with van der Waals surface area (Å²) in [5.41, 5.74) is 1.44. The molecule has 0 atom stereocenters. The number of H-pyrrole nitrogens is 1. The van der Waals surface area contributed by atoms with Crippen molar-refractivity contribution >= 4 is 28.9 Å². The summed E-state index contributed by atoms with van der Waals surface area (Å²) < 4.78 is 5.46. The summed E-state index contributed by atoms with van der Waals surface area (Å²) >= 11 is 7.47. The van der Waals surface area contributed by atoms with Gasteiger partial charge in [-0.25, -0.2) is 4.79 Å². The Bertz CT molecular complexity index is 550. The monoisotopic (exact) mass is 298 g/mol. The average Bonchev–Trinajstić information content (AvgIpc) is 3.03. The first-order valence-electron chi connectivity index (χ1n) is 5.90. The Morgan fingerprint density at radius 1 is 1.42 bits per heavy atom. The van der Waals surface area contributed by atoms with E-state index in [0.717, 1.165) is 23.0 Å². The highest BCUT2D eigenvalue weighted by Gasteiger charge is 2.07. The van der Waals surface area contributed by atoms with Crippen LogP contribution in [0.15, 0.2) is 24.3 Å². The van der Waals surface area contributed by atoms with Crippen molar-refractivity contribution in [1.82, 2.24) is 10.3 Å². The molecule has 2 heterocycles. The first kappa shape index (κ1) is 14.1. The summed E-state index contributed by atoms with van der Waals surface area (Å²) in [6.07, 6.45) is 0.946. The van der Waals surface area contributed by atoms with Gasteiger partial charge >= 0.3 is 5.97 Å². The Kier molecular flexibility index (Phi) is 5.01. The van der Waals surface area contributed by atoms with E-state index in [-0.39, 0.29) is 5.97 Å². The van der Waals surface area contributed by atoms with Gasteiger partial charge in [0.1, 0.15) is 5.69 Å². The van der Waals surface area contributed by atoms with Crippen molar-refractivity contribution in [2.24, 2.45) is 0 Å². The van der Waals surface area contributed by atoms with E-state index in [2.05, 4.69) is 15.0 Å². The maximum atomic E-state index is 11.3. The van der Waals surface area contributed by atoms with Gasteiger partial charge in [-0.3, -0.25) is 0 Å². The fraction of sp³-hybridized carbons (Fsp3) is 0.308. The minimum absolute atomic E-state index is 0.348. The third-order valence-corrected chi connectivity index (χ3v) is 3.94. The number of halogens is 1. The molecule has 0 radical (unpaired) electrons. The van der Waals surface area contributed by atoms with Crippen molar-refractivity contribution in [1.29, 1.82) is 0 Å². The Morgan fingerprint density at radius 2 is 2.26 bits per heavy atom. The predicted octanol–water partition coefficient (Wildman–Crippen LogP) is 2.85. The number of hydrogen-bond donors (Lipinski definition) is 2. The van der Waals surface area contributed by atoms with Crippen molar-refractivity contribution in [2.75, 3.05) is 13.7 Å². The molecule has 19 heavy (non-hydrogen) atoms. The van der Waals surface area contributed by atoms with Crippen LogP contribution in [0, 0.1) is 0 Å². The molecule has 102 valence electrons. The molecule has 0 aromatic carbocycles. The van der Waals surface area contributed by atoms with E-state index in [1.54, 1.807) is 17.4 Å². The molecule has 2 aromatic heterocycles. The lowest BCUT2D eigenvalue weighted by atomic mass is 10.3. The van der Waals surface area contributed by atoms with Gasteiger partial charge in [-0.1, -0.05) is 11.6 Å². The number of aromatic nitrogens is 1. The van der Waals surface area contributed by atoms with Crippen LogP contribution in [0.25, 0.3) is 0 Å². The molecule has 0 saturated heterocycles. The average molecular weight is 299 g/mol. The van der Waals surface area contributed by atoms with E-state index in [9.17, 15) is 4.79 Å². The molecule has 0 aliphatic heterocycles. The fourth-order valence-corrected chi connectivity index (χ4v) is 2.78. The van der Waals surface area contributed by atoms with E-state index < -0.39 is 0 Å². The Balaban J connectivity index is 1.73. The molecule has 2 aromatic rings. The number of ether oxygens (including phenoxy) is 1. The Labute approximate surface area is 120 Å². The standard InChI is InChI=1S/C13H15ClN2O2S/c1-18-13(17)11-4-2-9(16-11)8-15-7-6-10-3-5-12(14)19-10/h2-5,15-16H,6-8H2,1H3. The minimum atomic E-state index is -0.348. The molecule has 0 aliphatic carbocycles. The van der Waals surface area contributed by atoms with Gasteiger partial charge in [0.05, 0.1) is 11.4 Å². The number of aromatic amines is 1. The lowest BCUT2D eigenvalue weighted by molar-refractivity contribution is 0.0594. The molecular formula is C13H15ClN2O2S. The second-order valence-electron chi connectivity index (χ2n) is 4.02. The van der Waals surface area contributed by atoms with Crippen LogP contribution >= 0.6 is 22.9 Å². The molecule has 0 fully saturated rings. The van der Waals surface area contributed by atoms with E-state index in [0.29, 0.717) is 12.2 Å². The molecule has 0 saturated carbocycles. The zero-order valence-corrected chi connectivity index (χ0v) is 12.1. The van der Waals surface area contributed by atoms with Crippen LogP contribution in [0.2, 0.25) is 4.34 Å². The van der Waals surface area contributed by atoms with Gasteiger partial charge in [-0.05, 0) is 30.7 Å². The molecule has 2 rings (SSSR count). The highest BCUT2D eigenvalue weighted by molar-refractivity contribution is 7.16. The molecule has 0 spiro atoms. The van der Waals surface area contributed by atoms with Crippen LogP contribution in [0.5, 0.6) is 0 Å². The molecule has 0 amide bonds. The number of carbonyl (C=O) groups is 1. The number of esters is 1.